The minimum absolute atomic E-state index is 0.868. The predicted octanol–water partition coefficient (Wildman–Crippen LogP) is 4.22. The third-order valence-corrected chi connectivity index (χ3v) is 4.42. The molecule has 0 bridgehead atoms. The highest BCUT2D eigenvalue weighted by Crippen LogP contribution is 2.21. The number of H-pyrrole nitrogens is 1. The molecule has 1 aromatic carbocycles. The summed E-state index contributed by atoms with van der Waals surface area (Å²) >= 11 is 7.57. The molecule has 2 heterocycles. The second-order valence-corrected chi connectivity index (χ2v) is 6.33. The first kappa shape index (κ1) is 12.7. The van der Waals surface area contributed by atoms with Crippen molar-refractivity contribution in [2.75, 3.05) is 6.54 Å². The van der Waals surface area contributed by atoms with Gasteiger partial charge in [-0.25, -0.2) is 0 Å². The van der Waals surface area contributed by atoms with Crippen LogP contribution in [0, 0.1) is 0 Å². The number of hydrogen-bond acceptors (Lipinski definition) is 2. The molecule has 4 heteroatoms. The molecule has 0 atom stereocenters. The van der Waals surface area contributed by atoms with E-state index in [1.54, 1.807) is 11.3 Å². The van der Waals surface area contributed by atoms with E-state index >= 15 is 0 Å². The molecule has 0 fully saturated rings. The minimum Gasteiger partial charge on any atom is -0.361 e. The fourth-order valence-corrected chi connectivity index (χ4v) is 3.22. The summed E-state index contributed by atoms with van der Waals surface area (Å²) in [5, 5.41) is 4.73. The van der Waals surface area contributed by atoms with Gasteiger partial charge in [0.05, 0.1) is 4.34 Å². The molecular formula is C15H15ClN2S. The third kappa shape index (κ3) is 3.18. The van der Waals surface area contributed by atoms with Crippen LogP contribution >= 0.6 is 22.9 Å². The van der Waals surface area contributed by atoms with Gasteiger partial charge in [-0.2, -0.15) is 0 Å². The summed E-state index contributed by atoms with van der Waals surface area (Å²) in [4.78, 5) is 4.57. The number of nitrogens with one attached hydrogen (secondary N) is 2. The van der Waals surface area contributed by atoms with Crippen molar-refractivity contribution in [3.05, 3.63) is 57.4 Å². The van der Waals surface area contributed by atoms with Crippen LogP contribution in [-0.2, 0) is 13.0 Å². The number of aromatic amines is 1. The van der Waals surface area contributed by atoms with E-state index in [0.29, 0.717) is 0 Å². The van der Waals surface area contributed by atoms with Crippen LogP contribution in [-0.4, -0.2) is 11.5 Å². The summed E-state index contributed by atoms with van der Waals surface area (Å²) in [6.45, 7) is 1.87. The highest BCUT2D eigenvalue weighted by Gasteiger charge is 1.99. The van der Waals surface area contributed by atoms with Crippen molar-refractivity contribution >= 4 is 33.8 Å². The highest BCUT2D eigenvalue weighted by atomic mass is 35.5. The number of hydrogen-bond donors (Lipinski definition) is 2. The van der Waals surface area contributed by atoms with E-state index in [1.807, 2.05) is 12.3 Å². The zero-order valence-electron chi connectivity index (χ0n) is 10.4. The molecule has 0 radical (unpaired) electrons. The molecule has 0 aliphatic carbocycles. The van der Waals surface area contributed by atoms with Crippen LogP contribution in [0.3, 0.4) is 0 Å². The molecule has 2 nitrogen and oxygen atoms in total. The number of benzene rings is 1. The van der Waals surface area contributed by atoms with Crippen LogP contribution in [0.15, 0.2) is 42.6 Å². The van der Waals surface area contributed by atoms with Gasteiger partial charge in [0.15, 0.2) is 0 Å². The van der Waals surface area contributed by atoms with Crippen molar-refractivity contribution in [3.63, 3.8) is 0 Å². The van der Waals surface area contributed by atoms with Gasteiger partial charge in [-0.05, 0) is 41.6 Å². The van der Waals surface area contributed by atoms with Crippen LogP contribution in [0.4, 0.5) is 0 Å². The zero-order valence-corrected chi connectivity index (χ0v) is 12.0. The molecule has 0 saturated carbocycles. The van der Waals surface area contributed by atoms with Crippen LogP contribution in [0.2, 0.25) is 4.34 Å². The average Bonchev–Trinajstić information content (AvgIpc) is 3.03. The first-order valence-corrected chi connectivity index (χ1v) is 7.52. The van der Waals surface area contributed by atoms with Gasteiger partial charge in [0, 0.05) is 29.7 Å². The number of thiophene rings is 1. The summed E-state index contributed by atoms with van der Waals surface area (Å²) in [7, 11) is 0. The van der Waals surface area contributed by atoms with Gasteiger partial charge in [0.2, 0.25) is 0 Å². The molecule has 3 rings (SSSR count). The lowest BCUT2D eigenvalue weighted by Gasteiger charge is -2.04. The summed E-state index contributed by atoms with van der Waals surface area (Å²) in [6.07, 6.45) is 3.00. The number of aromatic nitrogens is 1. The van der Waals surface area contributed by atoms with E-state index in [-0.39, 0.29) is 0 Å². The average molecular weight is 291 g/mol. The summed E-state index contributed by atoms with van der Waals surface area (Å²) in [5.41, 5.74) is 2.50. The molecule has 0 spiro atoms. The molecule has 0 amide bonds. The smallest absolute Gasteiger partial charge is 0.0931 e. The summed E-state index contributed by atoms with van der Waals surface area (Å²) < 4.78 is 0.868. The van der Waals surface area contributed by atoms with Crippen LogP contribution in [0.1, 0.15) is 10.4 Å². The lowest BCUT2D eigenvalue weighted by atomic mass is 10.1. The monoisotopic (exact) mass is 290 g/mol. The highest BCUT2D eigenvalue weighted by molar-refractivity contribution is 7.16. The Labute approximate surface area is 121 Å². The summed E-state index contributed by atoms with van der Waals surface area (Å²) in [6, 6.07) is 12.7. The number of halogens is 1. The van der Waals surface area contributed by atoms with Gasteiger partial charge in [-0.3, -0.25) is 0 Å². The Bertz CT molecular complexity index is 671. The molecule has 0 aliphatic rings. The van der Waals surface area contributed by atoms with Crippen molar-refractivity contribution in [2.24, 2.45) is 0 Å². The largest absolute Gasteiger partial charge is 0.361 e. The van der Waals surface area contributed by atoms with Crippen molar-refractivity contribution in [1.82, 2.24) is 10.3 Å². The lowest BCUT2D eigenvalue weighted by Crippen LogP contribution is -2.16. The Morgan fingerprint density at radius 2 is 2.11 bits per heavy atom. The van der Waals surface area contributed by atoms with Crippen molar-refractivity contribution in [2.45, 2.75) is 13.0 Å². The number of fused-ring (bicyclic) bond motifs is 1. The Morgan fingerprint density at radius 3 is 2.95 bits per heavy atom. The Kier molecular flexibility index (Phi) is 3.87. The van der Waals surface area contributed by atoms with E-state index in [9.17, 15) is 0 Å². The maximum absolute atomic E-state index is 5.91. The first-order chi connectivity index (χ1) is 9.31. The van der Waals surface area contributed by atoms with E-state index in [4.69, 9.17) is 11.6 Å². The van der Waals surface area contributed by atoms with Crippen molar-refractivity contribution < 1.29 is 0 Å². The second kappa shape index (κ2) is 5.78. The molecule has 19 heavy (non-hydrogen) atoms. The molecular weight excluding hydrogens is 276 g/mol. The topological polar surface area (TPSA) is 27.8 Å². The maximum Gasteiger partial charge on any atom is 0.0931 e. The molecule has 2 aromatic heterocycles. The van der Waals surface area contributed by atoms with Crippen LogP contribution < -0.4 is 5.32 Å². The molecule has 0 saturated heterocycles. The SMILES string of the molecule is Clc1ccc(CCNCc2ccc3cc[nH]c3c2)s1. The van der Waals surface area contributed by atoms with E-state index in [0.717, 1.165) is 23.8 Å². The lowest BCUT2D eigenvalue weighted by molar-refractivity contribution is 0.691. The van der Waals surface area contributed by atoms with E-state index in [2.05, 4.69) is 40.6 Å². The fraction of sp³-hybridized carbons (Fsp3) is 0.200. The second-order valence-electron chi connectivity index (χ2n) is 4.53. The van der Waals surface area contributed by atoms with Gasteiger partial charge < -0.3 is 10.3 Å². The summed E-state index contributed by atoms with van der Waals surface area (Å²) in [5.74, 6) is 0. The van der Waals surface area contributed by atoms with E-state index < -0.39 is 0 Å². The van der Waals surface area contributed by atoms with Gasteiger partial charge in [0.25, 0.3) is 0 Å². The van der Waals surface area contributed by atoms with Crippen LogP contribution in [0.5, 0.6) is 0 Å². The Balaban J connectivity index is 1.51. The van der Waals surface area contributed by atoms with Gasteiger partial charge in [-0.1, -0.05) is 23.7 Å². The quantitative estimate of drug-likeness (QED) is 0.677. The molecule has 0 aliphatic heterocycles. The Morgan fingerprint density at radius 1 is 1.16 bits per heavy atom. The molecule has 3 aromatic rings. The standard InChI is InChI=1S/C15H15ClN2S/c16-15-4-3-13(19-15)6-7-17-10-11-1-2-12-5-8-18-14(12)9-11/h1-5,8-9,17-18H,6-7,10H2. The Hall–Kier alpha value is -1.29. The molecule has 2 N–H and O–H groups in total. The minimum atomic E-state index is 0.868. The van der Waals surface area contributed by atoms with Crippen molar-refractivity contribution in [1.29, 1.82) is 0 Å². The van der Waals surface area contributed by atoms with E-state index in [1.165, 1.54) is 21.3 Å². The molecule has 0 unspecified atom stereocenters. The van der Waals surface area contributed by atoms with Gasteiger partial charge in [0.1, 0.15) is 0 Å². The van der Waals surface area contributed by atoms with Gasteiger partial charge in [-0.15, -0.1) is 11.3 Å². The fourth-order valence-electron chi connectivity index (χ4n) is 2.14. The normalized spacial score (nSPS) is 11.2. The molecule has 98 valence electrons. The zero-order chi connectivity index (χ0) is 13.1. The predicted molar refractivity (Wildman–Crippen MR) is 83.0 cm³/mol. The number of rotatable bonds is 5. The van der Waals surface area contributed by atoms with Crippen molar-refractivity contribution in [3.8, 4) is 0 Å². The first-order valence-electron chi connectivity index (χ1n) is 6.32. The third-order valence-electron chi connectivity index (χ3n) is 3.13. The van der Waals surface area contributed by atoms with Gasteiger partial charge >= 0.3 is 0 Å². The van der Waals surface area contributed by atoms with Crippen LogP contribution in [0.25, 0.3) is 10.9 Å². The maximum atomic E-state index is 5.91.